The SMILES string of the molecule is COc1ccc2nccc(CCN3CCC(N(CC(=O)Nc4ccc(F)cc4)C(=O)O)CC3)c2c1. The fourth-order valence-electron chi connectivity index (χ4n) is 4.50. The Morgan fingerprint density at radius 1 is 1.17 bits per heavy atom. The highest BCUT2D eigenvalue weighted by Crippen LogP contribution is 2.24. The first kappa shape index (κ1) is 24.4. The molecule has 0 unspecified atom stereocenters. The third-order valence-corrected chi connectivity index (χ3v) is 6.42. The molecule has 1 aliphatic heterocycles. The minimum absolute atomic E-state index is 0.228. The molecule has 4 rings (SSSR count). The Balaban J connectivity index is 1.30. The number of halogens is 1. The third-order valence-electron chi connectivity index (χ3n) is 6.42. The van der Waals surface area contributed by atoms with Gasteiger partial charge in [-0.05, 0) is 73.4 Å². The summed E-state index contributed by atoms with van der Waals surface area (Å²) in [6.45, 7) is 2.09. The number of amides is 2. The number of methoxy groups -OCH3 is 1. The molecule has 1 saturated heterocycles. The lowest BCUT2D eigenvalue weighted by Gasteiger charge is -2.37. The van der Waals surface area contributed by atoms with E-state index in [1.165, 1.54) is 34.7 Å². The highest BCUT2D eigenvalue weighted by Gasteiger charge is 2.29. The van der Waals surface area contributed by atoms with E-state index in [0.717, 1.165) is 42.7 Å². The fourth-order valence-corrected chi connectivity index (χ4v) is 4.50. The summed E-state index contributed by atoms with van der Waals surface area (Å²) in [6, 6.07) is 13.0. The van der Waals surface area contributed by atoms with E-state index in [1.807, 2.05) is 30.5 Å². The quantitative estimate of drug-likeness (QED) is 0.506. The van der Waals surface area contributed by atoms with Gasteiger partial charge in [0.1, 0.15) is 18.1 Å². The van der Waals surface area contributed by atoms with Gasteiger partial charge in [-0.25, -0.2) is 9.18 Å². The van der Waals surface area contributed by atoms with Gasteiger partial charge in [-0.1, -0.05) is 0 Å². The molecule has 2 N–H and O–H groups in total. The average molecular weight is 481 g/mol. The Kier molecular flexibility index (Phi) is 7.77. The zero-order valence-electron chi connectivity index (χ0n) is 19.6. The summed E-state index contributed by atoms with van der Waals surface area (Å²) in [5, 5.41) is 13.4. The second-order valence-corrected chi connectivity index (χ2v) is 8.64. The summed E-state index contributed by atoms with van der Waals surface area (Å²) >= 11 is 0. The molecule has 2 heterocycles. The third kappa shape index (κ3) is 6.24. The van der Waals surface area contributed by atoms with Crippen molar-refractivity contribution in [2.45, 2.75) is 25.3 Å². The topological polar surface area (TPSA) is 95.0 Å². The second-order valence-electron chi connectivity index (χ2n) is 8.64. The van der Waals surface area contributed by atoms with E-state index in [2.05, 4.69) is 15.2 Å². The van der Waals surface area contributed by atoms with Crippen molar-refractivity contribution in [1.82, 2.24) is 14.8 Å². The van der Waals surface area contributed by atoms with E-state index in [1.54, 1.807) is 7.11 Å². The first-order chi connectivity index (χ1) is 16.9. The Labute approximate surface area is 203 Å². The minimum atomic E-state index is -1.12. The molecule has 1 aliphatic rings. The van der Waals surface area contributed by atoms with Crippen LogP contribution in [0.1, 0.15) is 18.4 Å². The van der Waals surface area contributed by atoms with Crippen LogP contribution < -0.4 is 10.1 Å². The van der Waals surface area contributed by atoms with Gasteiger partial charge in [-0.2, -0.15) is 0 Å². The number of piperidine rings is 1. The molecule has 1 fully saturated rings. The Bertz CT molecular complexity index is 1180. The summed E-state index contributed by atoms with van der Waals surface area (Å²) in [5.74, 6) is -0.0509. The maximum atomic E-state index is 13.1. The predicted molar refractivity (Wildman–Crippen MR) is 131 cm³/mol. The van der Waals surface area contributed by atoms with E-state index in [0.29, 0.717) is 18.5 Å². The number of nitrogens with one attached hydrogen (secondary N) is 1. The number of carboxylic acid groups (broad SMARTS) is 1. The molecule has 2 aromatic carbocycles. The van der Waals surface area contributed by atoms with Crippen molar-refractivity contribution in [3.63, 3.8) is 0 Å². The Hall–Kier alpha value is -3.72. The van der Waals surface area contributed by atoms with Gasteiger partial charge in [0, 0.05) is 42.9 Å². The number of hydrogen-bond acceptors (Lipinski definition) is 5. The van der Waals surface area contributed by atoms with Crippen molar-refractivity contribution in [3.8, 4) is 5.75 Å². The van der Waals surface area contributed by atoms with Crippen LogP contribution in [0.2, 0.25) is 0 Å². The van der Waals surface area contributed by atoms with E-state index < -0.39 is 17.8 Å². The van der Waals surface area contributed by atoms with Crippen LogP contribution in [0.3, 0.4) is 0 Å². The fraction of sp³-hybridized carbons (Fsp3) is 0.346. The lowest BCUT2D eigenvalue weighted by Crippen LogP contribution is -2.49. The average Bonchev–Trinajstić information content (AvgIpc) is 2.87. The van der Waals surface area contributed by atoms with Crippen LogP contribution in [0.5, 0.6) is 5.75 Å². The number of likely N-dealkylation sites (tertiary alicyclic amines) is 1. The molecule has 0 bridgehead atoms. The smallest absolute Gasteiger partial charge is 0.408 e. The minimum Gasteiger partial charge on any atom is -0.497 e. The Morgan fingerprint density at radius 3 is 2.60 bits per heavy atom. The summed E-state index contributed by atoms with van der Waals surface area (Å²) < 4.78 is 18.4. The van der Waals surface area contributed by atoms with Gasteiger partial charge in [-0.15, -0.1) is 0 Å². The highest BCUT2D eigenvalue weighted by atomic mass is 19.1. The number of benzene rings is 2. The van der Waals surface area contributed by atoms with Crippen LogP contribution in [0.4, 0.5) is 14.9 Å². The van der Waals surface area contributed by atoms with Gasteiger partial charge in [-0.3, -0.25) is 14.7 Å². The number of carbonyl (C=O) groups is 2. The zero-order valence-corrected chi connectivity index (χ0v) is 19.6. The lowest BCUT2D eigenvalue weighted by atomic mass is 10.0. The number of carbonyl (C=O) groups excluding carboxylic acids is 1. The van der Waals surface area contributed by atoms with Crippen molar-refractivity contribution in [2.75, 3.05) is 38.6 Å². The van der Waals surface area contributed by atoms with Crippen molar-refractivity contribution in [3.05, 3.63) is 66.1 Å². The van der Waals surface area contributed by atoms with Crippen LogP contribution in [0.15, 0.2) is 54.7 Å². The molecule has 0 radical (unpaired) electrons. The van der Waals surface area contributed by atoms with E-state index in [9.17, 15) is 19.1 Å². The van der Waals surface area contributed by atoms with Gasteiger partial charge in [0.2, 0.25) is 5.91 Å². The molecule has 0 atom stereocenters. The molecular weight excluding hydrogens is 451 g/mol. The van der Waals surface area contributed by atoms with E-state index in [-0.39, 0.29) is 12.6 Å². The molecule has 0 saturated carbocycles. The molecule has 1 aromatic heterocycles. The van der Waals surface area contributed by atoms with Crippen LogP contribution in [-0.4, -0.2) is 71.2 Å². The summed E-state index contributed by atoms with van der Waals surface area (Å²) in [5.41, 5.74) is 2.55. The number of fused-ring (bicyclic) bond motifs is 1. The molecular formula is C26H29FN4O4. The van der Waals surface area contributed by atoms with Gasteiger partial charge in [0.25, 0.3) is 0 Å². The zero-order chi connectivity index (χ0) is 24.8. The molecule has 0 spiro atoms. The number of pyridine rings is 1. The molecule has 9 heteroatoms. The van der Waals surface area contributed by atoms with Crippen molar-refractivity contribution < 1.29 is 23.8 Å². The van der Waals surface area contributed by atoms with Crippen LogP contribution >= 0.6 is 0 Å². The molecule has 2 amide bonds. The maximum absolute atomic E-state index is 13.1. The lowest BCUT2D eigenvalue weighted by molar-refractivity contribution is -0.117. The number of aromatic nitrogens is 1. The predicted octanol–water partition coefficient (Wildman–Crippen LogP) is 4.01. The van der Waals surface area contributed by atoms with Crippen molar-refractivity contribution >= 4 is 28.6 Å². The first-order valence-electron chi connectivity index (χ1n) is 11.6. The standard InChI is InChI=1S/C26H29FN4O4/c1-35-22-6-7-24-23(16-22)18(8-12-28-24)9-13-30-14-10-21(11-15-30)31(26(33)34)17-25(32)29-20-4-2-19(27)3-5-20/h2-8,12,16,21H,9-11,13-15,17H2,1H3,(H,29,32)(H,33,34). The molecule has 8 nitrogen and oxygen atoms in total. The maximum Gasteiger partial charge on any atom is 0.408 e. The van der Waals surface area contributed by atoms with E-state index >= 15 is 0 Å². The van der Waals surface area contributed by atoms with Crippen LogP contribution in [0.25, 0.3) is 10.9 Å². The molecule has 3 aromatic rings. The van der Waals surface area contributed by atoms with Crippen molar-refractivity contribution in [1.29, 1.82) is 0 Å². The van der Waals surface area contributed by atoms with Gasteiger partial charge >= 0.3 is 6.09 Å². The summed E-state index contributed by atoms with van der Waals surface area (Å²) in [7, 11) is 1.65. The van der Waals surface area contributed by atoms with E-state index in [4.69, 9.17) is 4.74 Å². The van der Waals surface area contributed by atoms with Crippen LogP contribution in [0, 0.1) is 5.82 Å². The number of rotatable bonds is 8. The monoisotopic (exact) mass is 480 g/mol. The molecule has 0 aliphatic carbocycles. The molecule has 184 valence electrons. The normalized spacial score (nSPS) is 14.6. The van der Waals surface area contributed by atoms with Crippen molar-refractivity contribution in [2.24, 2.45) is 0 Å². The molecule has 35 heavy (non-hydrogen) atoms. The highest BCUT2D eigenvalue weighted by molar-refractivity contribution is 5.93. The van der Waals surface area contributed by atoms with Gasteiger partial charge in [0.15, 0.2) is 0 Å². The van der Waals surface area contributed by atoms with Gasteiger partial charge < -0.3 is 20.1 Å². The number of hydrogen-bond donors (Lipinski definition) is 2. The second kappa shape index (κ2) is 11.1. The number of anilines is 1. The van der Waals surface area contributed by atoms with Gasteiger partial charge in [0.05, 0.1) is 12.6 Å². The van der Waals surface area contributed by atoms with Crippen LogP contribution in [-0.2, 0) is 11.2 Å². The Morgan fingerprint density at radius 2 is 1.91 bits per heavy atom. The largest absolute Gasteiger partial charge is 0.497 e. The number of nitrogens with zero attached hydrogens (tertiary/aromatic N) is 3. The first-order valence-corrected chi connectivity index (χ1v) is 11.6. The summed E-state index contributed by atoms with van der Waals surface area (Å²) in [6.07, 6.45) is 2.86. The number of ether oxygens (including phenoxy) is 1. The summed E-state index contributed by atoms with van der Waals surface area (Å²) in [4.78, 5) is 32.2.